The summed E-state index contributed by atoms with van der Waals surface area (Å²) in [5, 5.41) is 14.0. The summed E-state index contributed by atoms with van der Waals surface area (Å²) in [6.07, 6.45) is 2.30. The number of carboxylic acid groups (broad SMARTS) is 1. The molecule has 5 aromatic rings. The number of hydrogen-bond acceptors (Lipinski definition) is 3. The third kappa shape index (κ3) is 6.53. The maximum Gasteiger partial charge on any atom is 0.305 e. The molecule has 2 amide bonds. The van der Waals surface area contributed by atoms with Crippen molar-refractivity contribution in [3.05, 3.63) is 131 Å². The highest BCUT2D eigenvalue weighted by Gasteiger charge is 2.23. The minimum Gasteiger partial charge on any atom is -0.481 e. The average molecular weight is 580 g/mol. The summed E-state index contributed by atoms with van der Waals surface area (Å²) in [4.78, 5) is 43.7. The van der Waals surface area contributed by atoms with Gasteiger partial charge in [0.1, 0.15) is 0 Å². The van der Waals surface area contributed by atoms with Crippen molar-refractivity contribution in [3.8, 4) is 11.1 Å². The number of hydrogen-bond donors (Lipinski definition) is 3. The molecule has 1 heterocycles. The van der Waals surface area contributed by atoms with Crippen LogP contribution in [-0.2, 0) is 17.8 Å². The quantitative estimate of drug-likeness (QED) is 0.164. The number of para-hydroxylation sites is 1. The molecule has 5 rings (SSSR count). The molecule has 4 aromatic carbocycles. The number of halogens is 1. The van der Waals surface area contributed by atoms with Gasteiger partial charge in [-0.25, -0.2) is 0 Å². The van der Waals surface area contributed by atoms with E-state index in [1.165, 1.54) is 0 Å². The normalized spacial score (nSPS) is 10.9. The van der Waals surface area contributed by atoms with Crippen LogP contribution in [0.4, 0.5) is 0 Å². The van der Waals surface area contributed by atoms with E-state index in [2.05, 4.69) is 10.3 Å². The van der Waals surface area contributed by atoms with Crippen molar-refractivity contribution in [1.82, 2.24) is 15.2 Å². The molecule has 1 aromatic heterocycles. The number of aliphatic carboxylic acids is 1. The Bertz CT molecular complexity index is 1750. The second-order valence-corrected chi connectivity index (χ2v) is 10.3. The van der Waals surface area contributed by atoms with Gasteiger partial charge in [-0.05, 0) is 52.9 Å². The van der Waals surface area contributed by atoms with Crippen LogP contribution in [-0.4, -0.2) is 45.9 Å². The zero-order valence-corrected chi connectivity index (χ0v) is 23.6. The molecule has 0 radical (unpaired) electrons. The van der Waals surface area contributed by atoms with Crippen LogP contribution in [0.15, 0.2) is 103 Å². The predicted octanol–water partition coefficient (Wildman–Crippen LogP) is 6.58. The van der Waals surface area contributed by atoms with E-state index < -0.39 is 5.97 Å². The highest BCUT2D eigenvalue weighted by Crippen LogP contribution is 2.29. The summed E-state index contributed by atoms with van der Waals surface area (Å²) in [5.41, 5.74) is 4.86. The van der Waals surface area contributed by atoms with Crippen LogP contribution >= 0.6 is 11.6 Å². The summed E-state index contributed by atoms with van der Waals surface area (Å²) in [5.74, 6) is -1.57. The van der Waals surface area contributed by atoms with Crippen molar-refractivity contribution in [3.63, 3.8) is 0 Å². The number of carbonyl (C=O) groups excluding carboxylic acids is 2. The summed E-state index contributed by atoms with van der Waals surface area (Å²) in [7, 11) is 0. The van der Waals surface area contributed by atoms with Crippen molar-refractivity contribution < 1.29 is 19.5 Å². The van der Waals surface area contributed by atoms with Crippen molar-refractivity contribution in [2.75, 3.05) is 13.1 Å². The Hall–Kier alpha value is -4.88. The summed E-state index contributed by atoms with van der Waals surface area (Å²) < 4.78 is 0. The smallest absolute Gasteiger partial charge is 0.305 e. The molecular formula is C34H30ClN3O4. The molecule has 0 aliphatic rings. The van der Waals surface area contributed by atoms with E-state index >= 15 is 0 Å². The van der Waals surface area contributed by atoms with Crippen LogP contribution in [0.25, 0.3) is 22.0 Å². The minimum atomic E-state index is -0.978. The van der Waals surface area contributed by atoms with E-state index in [-0.39, 0.29) is 31.3 Å². The van der Waals surface area contributed by atoms with Crippen LogP contribution in [0.1, 0.15) is 38.3 Å². The van der Waals surface area contributed by atoms with Gasteiger partial charge in [0.2, 0.25) is 0 Å². The third-order valence-electron chi connectivity index (χ3n) is 7.23. The molecule has 0 spiro atoms. The molecule has 42 heavy (non-hydrogen) atoms. The largest absolute Gasteiger partial charge is 0.481 e. The van der Waals surface area contributed by atoms with Gasteiger partial charge < -0.3 is 20.3 Å². The molecule has 3 N–H and O–H groups in total. The Morgan fingerprint density at radius 3 is 2.17 bits per heavy atom. The monoisotopic (exact) mass is 579 g/mol. The standard InChI is InChI=1S/C34H30ClN3O4/c35-30-15-7-1-9-24(30)22-37-33(41)28-13-4-2-11-26(28)27-12-3-5-14-29(27)34(42)38(20-18-32(39)40)19-17-23-21-36-31-16-8-6-10-25(23)31/h1-16,21,36H,17-20,22H2,(H,37,41)(H,39,40). The highest BCUT2D eigenvalue weighted by atomic mass is 35.5. The van der Waals surface area contributed by atoms with Gasteiger partial charge in [-0.1, -0.05) is 84.4 Å². The fourth-order valence-electron chi connectivity index (χ4n) is 5.04. The number of carboxylic acids is 1. The number of fused-ring (bicyclic) bond motifs is 1. The van der Waals surface area contributed by atoms with Crippen LogP contribution in [0, 0.1) is 0 Å². The van der Waals surface area contributed by atoms with Crippen LogP contribution in [0.2, 0.25) is 5.02 Å². The highest BCUT2D eigenvalue weighted by molar-refractivity contribution is 6.31. The van der Waals surface area contributed by atoms with Crippen molar-refractivity contribution in [2.45, 2.75) is 19.4 Å². The number of aromatic nitrogens is 1. The number of benzene rings is 4. The molecule has 0 saturated heterocycles. The molecule has 0 saturated carbocycles. The fraction of sp³-hybridized carbons (Fsp3) is 0.147. The summed E-state index contributed by atoms with van der Waals surface area (Å²) in [6, 6.07) is 29.5. The zero-order chi connectivity index (χ0) is 29.5. The van der Waals surface area contributed by atoms with E-state index in [0.717, 1.165) is 22.0 Å². The fourth-order valence-corrected chi connectivity index (χ4v) is 5.25. The third-order valence-corrected chi connectivity index (χ3v) is 7.59. The van der Waals surface area contributed by atoms with Crippen molar-refractivity contribution in [1.29, 1.82) is 0 Å². The first-order valence-corrected chi connectivity index (χ1v) is 14.1. The van der Waals surface area contributed by atoms with Crippen LogP contribution in [0.3, 0.4) is 0 Å². The number of nitrogens with zero attached hydrogens (tertiary/aromatic N) is 1. The number of rotatable bonds is 11. The summed E-state index contributed by atoms with van der Waals surface area (Å²) >= 11 is 6.27. The van der Waals surface area contributed by atoms with Gasteiger partial charge in [-0.15, -0.1) is 0 Å². The Morgan fingerprint density at radius 2 is 1.40 bits per heavy atom. The van der Waals surface area contributed by atoms with E-state index in [4.69, 9.17) is 11.6 Å². The Balaban J connectivity index is 1.42. The minimum absolute atomic E-state index is 0.0603. The van der Waals surface area contributed by atoms with Gasteiger partial charge in [0.15, 0.2) is 0 Å². The molecule has 212 valence electrons. The van der Waals surface area contributed by atoms with Gasteiger partial charge in [0, 0.05) is 52.9 Å². The molecule has 7 nitrogen and oxygen atoms in total. The van der Waals surface area contributed by atoms with Crippen LogP contribution in [0.5, 0.6) is 0 Å². The van der Waals surface area contributed by atoms with Gasteiger partial charge in [0.05, 0.1) is 6.42 Å². The van der Waals surface area contributed by atoms with Gasteiger partial charge in [-0.2, -0.15) is 0 Å². The Labute approximate surface area is 248 Å². The van der Waals surface area contributed by atoms with Gasteiger partial charge in [-0.3, -0.25) is 14.4 Å². The molecular weight excluding hydrogens is 550 g/mol. The Kier molecular flexibility index (Phi) is 8.99. The number of carbonyl (C=O) groups is 3. The van der Waals surface area contributed by atoms with Crippen LogP contribution < -0.4 is 5.32 Å². The van der Waals surface area contributed by atoms with Gasteiger partial charge >= 0.3 is 5.97 Å². The second-order valence-electron chi connectivity index (χ2n) is 9.91. The van der Waals surface area contributed by atoms with Crippen molar-refractivity contribution in [2.24, 2.45) is 0 Å². The topological polar surface area (TPSA) is 102 Å². The molecule has 0 aliphatic heterocycles. The predicted molar refractivity (Wildman–Crippen MR) is 165 cm³/mol. The lowest BCUT2D eigenvalue weighted by molar-refractivity contribution is -0.137. The average Bonchev–Trinajstić information content (AvgIpc) is 3.43. The van der Waals surface area contributed by atoms with Gasteiger partial charge in [0.25, 0.3) is 11.8 Å². The first-order valence-electron chi connectivity index (χ1n) is 13.7. The number of nitrogens with one attached hydrogen (secondary N) is 2. The molecule has 8 heteroatoms. The maximum atomic E-state index is 14.0. The van der Waals surface area contributed by atoms with E-state index in [0.29, 0.717) is 40.2 Å². The first kappa shape index (κ1) is 28.6. The molecule has 0 bridgehead atoms. The number of aromatic amines is 1. The maximum absolute atomic E-state index is 14.0. The summed E-state index contributed by atoms with van der Waals surface area (Å²) in [6.45, 7) is 0.650. The zero-order valence-electron chi connectivity index (χ0n) is 22.8. The molecule has 0 atom stereocenters. The number of H-pyrrole nitrogens is 1. The molecule has 0 fully saturated rings. The number of amides is 2. The lowest BCUT2D eigenvalue weighted by Gasteiger charge is -2.24. The lowest BCUT2D eigenvalue weighted by Crippen LogP contribution is -2.35. The molecule has 0 aliphatic carbocycles. The Morgan fingerprint density at radius 1 is 0.762 bits per heavy atom. The second kappa shape index (κ2) is 13.2. The molecule has 0 unspecified atom stereocenters. The SMILES string of the molecule is O=C(O)CCN(CCc1c[nH]c2ccccc12)C(=O)c1ccccc1-c1ccccc1C(=O)NCc1ccccc1Cl. The lowest BCUT2D eigenvalue weighted by atomic mass is 9.94. The van der Waals surface area contributed by atoms with E-state index in [1.54, 1.807) is 35.2 Å². The van der Waals surface area contributed by atoms with E-state index in [1.807, 2.05) is 72.9 Å². The van der Waals surface area contributed by atoms with E-state index in [9.17, 15) is 19.5 Å². The van der Waals surface area contributed by atoms with Crippen molar-refractivity contribution >= 4 is 40.3 Å². The first-order chi connectivity index (χ1) is 20.4.